The predicted molar refractivity (Wildman–Crippen MR) is 123 cm³/mol. The highest BCUT2D eigenvalue weighted by atomic mass is 16.6. The van der Waals surface area contributed by atoms with E-state index >= 15 is 0 Å². The van der Waals surface area contributed by atoms with Gasteiger partial charge in [-0.15, -0.1) is 0 Å². The zero-order valence-corrected chi connectivity index (χ0v) is 20.3. The third-order valence-electron chi connectivity index (χ3n) is 6.94. The lowest BCUT2D eigenvalue weighted by atomic mass is 9.94. The maximum atomic E-state index is 12.3. The molecule has 0 aromatic carbocycles. The largest absolute Gasteiger partial charge is 0.458 e. The van der Waals surface area contributed by atoms with Crippen molar-refractivity contribution in [3.05, 3.63) is 0 Å². The first kappa shape index (κ1) is 26.5. The molecule has 0 N–H and O–H groups in total. The van der Waals surface area contributed by atoms with Gasteiger partial charge >= 0.3 is 23.9 Å². The Bertz CT molecular complexity index is 576. The van der Waals surface area contributed by atoms with E-state index in [1.165, 1.54) is 0 Å². The summed E-state index contributed by atoms with van der Waals surface area (Å²) < 4.78 is 22.6. The summed E-state index contributed by atoms with van der Waals surface area (Å²) in [7, 11) is 0. The van der Waals surface area contributed by atoms with E-state index in [1.807, 2.05) is 0 Å². The zero-order chi connectivity index (χ0) is 24.2. The van der Waals surface area contributed by atoms with Gasteiger partial charge < -0.3 is 18.9 Å². The van der Waals surface area contributed by atoms with Crippen LogP contribution in [0.15, 0.2) is 0 Å². The first-order valence-electron chi connectivity index (χ1n) is 13.3. The van der Waals surface area contributed by atoms with Gasteiger partial charge in [0.1, 0.15) is 24.4 Å². The average Bonchev–Trinajstić information content (AvgIpc) is 2.80. The molecule has 3 fully saturated rings. The van der Waals surface area contributed by atoms with E-state index in [9.17, 15) is 19.2 Å². The molecule has 192 valence electrons. The van der Waals surface area contributed by atoms with E-state index in [-0.39, 0.29) is 74.0 Å². The van der Waals surface area contributed by atoms with E-state index < -0.39 is 0 Å². The van der Waals surface area contributed by atoms with Gasteiger partial charge in [-0.2, -0.15) is 0 Å². The number of carbonyl (C=O) groups is 4. The zero-order valence-electron chi connectivity index (χ0n) is 20.3. The quantitative estimate of drug-likeness (QED) is 0.363. The first-order valence-corrected chi connectivity index (χ1v) is 13.3. The Morgan fingerprint density at radius 2 is 0.588 bits per heavy atom. The Kier molecular flexibility index (Phi) is 11.2. The molecule has 0 aromatic rings. The van der Waals surface area contributed by atoms with Crippen LogP contribution in [0.4, 0.5) is 0 Å². The molecule has 0 radical (unpaired) electrons. The smallest absolute Gasteiger partial charge is 0.306 e. The van der Waals surface area contributed by atoms with Crippen LogP contribution in [0.2, 0.25) is 0 Å². The highest BCUT2D eigenvalue weighted by molar-refractivity contribution is 5.71. The number of esters is 4. The molecule has 8 heteroatoms. The number of carbonyl (C=O) groups excluding carboxylic acids is 4. The van der Waals surface area contributed by atoms with E-state index in [1.54, 1.807) is 0 Å². The predicted octanol–water partition coefficient (Wildman–Crippen LogP) is 4.70. The fraction of sp³-hybridized carbons (Fsp3) is 0.846. The number of ether oxygens (including phenoxy) is 4. The van der Waals surface area contributed by atoms with Gasteiger partial charge in [-0.05, 0) is 77.0 Å². The highest BCUT2D eigenvalue weighted by Crippen LogP contribution is 2.27. The lowest BCUT2D eigenvalue weighted by molar-refractivity contribution is -0.172. The van der Waals surface area contributed by atoms with E-state index in [0.29, 0.717) is 51.4 Å². The molecule has 3 rings (SSSR count). The van der Waals surface area contributed by atoms with Gasteiger partial charge in [-0.1, -0.05) is 12.8 Å². The topological polar surface area (TPSA) is 105 Å². The fourth-order valence-corrected chi connectivity index (χ4v) is 5.01. The summed E-state index contributed by atoms with van der Waals surface area (Å²) >= 11 is 0. The van der Waals surface area contributed by atoms with Crippen molar-refractivity contribution in [1.82, 2.24) is 0 Å². The molecule has 8 nitrogen and oxygen atoms in total. The van der Waals surface area contributed by atoms with Crippen molar-refractivity contribution in [2.24, 2.45) is 0 Å². The number of hydrogen-bond acceptors (Lipinski definition) is 8. The minimum absolute atomic E-state index is 0.274. The molecule has 4 unspecified atom stereocenters. The Balaban J connectivity index is 1.54. The molecule has 0 amide bonds. The van der Waals surface area contributed by atoms with Gasteiger partial charge in [-0.25, -0.2) is 0 Å². The molecule has 1 aliphatic heterocycles. The van der Waals surface area contributed by atoms with Crippen molar-refractivity contribution in [3.8, 4) is 0 Å². The third-order valence-corrected chi connectivity index (χ3v) is 6.94. The van der Waals surface area contributed by atoms with Crippen molar-refractivity contribution < 1.29 is 38.1 Å². The Morgan fingerprint density at radius 3 is 0.824 bits per heavy atom. The number of fused-ring (bicyclic) bond motifs is 2. The van der Waals surface area contributed by atoms with E-state index in [0.717, 1.165) is 38.5 Å². The van der Waals surface area contributed by atoms with Crippen LogP contribution < -0.4 is 0 Å². The molecule has 0 bridgehead atoms. The standard InChI is InChI=1S/C26H40O8/c27-23-15-3-1-4-16-24(28)32-20-12-8-10-14-22(20)34-26(30)18-6-2-5-17-25(29)33-21-13-9-7-11-19(21)31-23/h19-22H,1-18H2. The molecule has 3 aliphatic rings. The second-order valence-corrected chi connectivity index (χ2v) is 9.80. The van der Waals surface area contributed by atoms with Crippen LogP contribution in [0.25, 0.3) is 0 Å². The van der Waals surface area contributed by atoms with Gasteiger partial charge in [0, 0.05) is 25.7 Å². The minimum atomic E-state index is -0.378. The van der Waals surface area contributed by atoms with Crippen LogP contribution in [-0.2, 0) is 38.1 Å². The third kappa shape index (κ3) is 9.26. The van der Waals surface area contributed by atoms with Gasteiger partial charge in [0.15, 0.2) is 0 Å². The Labute approximate surface area is 202 Å². The van der Waals surface area contributed by atoms with Crippen LogP contribution in [0.3, 0.4) is 0 Å². The summed E-state index contributed by atoms with van der Waals surface area (Å²) in [5, 5.41) is 0. The van der Waals surface area contributed by atoms with Crippen molar-refractivity contribution in [3.63, 3.8) is 0 Å². The molecule has 2 aliphatic carbocycles. The van der Waals surface area contributed by atoms with Crippen LogP contribution in [-0.4, -0.2) is 48.3 Å². The summed E-state index contributed by atoms with van der Waals surface area (Å²) in [4.78, 5) is 49.3. The molecule has 0 spiro atoms. The normalized spacial score (nSPS) is 31.8. The fourth-order valence-electron chi connectivity index (χ4n) is 5.01. The molecule has 1 heterocycles. The van der Waals surface area contributed by atoms with Crippen LogP contribution >= 0.6 is 0 Å². The van der Waals surface area contributed by atoms with Gasteiger partial charge in [0.2, 0.25) is 0 Å². The van der Waals surface area contributed by atoms with Gasteiger partial charge in [0.05, 0.1) is 0 Å². The van der Waals surface area contributed by atoms with Crippen LogP contribution in [0.5, 0.6) is 0 Å². The van der Waals surface area contributed by atoms with Crippen molar-refractivity contribution in [2.45, 2.75) is 140 Å². The summed E-state index contributed by atoms with van der Waals surface area (Å²) in [6.07, 6.45) is 10.2. The maximum absolute atomic E-state index is 12.3. The molecule has 4 atom stereocenters. The van der Waals surface area contributed by atoms with Crippen molar-refractivity contribution >= 4 is 23.9 Å². The van der Waals surface area contributed by atoms with E-state index in [4.69, 9.17) is 18.9 Å². The molecule has 1 saturated heterocycles. The van der Waals surface area contributed by atoms with Crippen molar-refractivity contribution in [1.29, 1.82) is 0 Å². The second-order valence-electron chi connectivity index (χ2n) is 9.80. The maximum Gasteiger partial charge on any atom is 0.306 e. The molecule has 34 heavy (non-hydrogen) atoms. The second kappa shape index (κ2) is 14.3. The van der Waals surface area contributed by atoms with Gasteiger partial charge in [-0.3, -0.25) is 19.2 Å². The lowest BCUT2D eigenvalue weighted by Gasteiger charge is -2.31. The molecular weight excluding hydrogens is 440 g/mol. The Hall–Kier alpha value is -2.12. The molecule has 2 saturated carbocycles. The average molecular weight is 481 g/mol. The summed E-state index contributed by atoms with van der Waals surface area (Å²) in [5.41, 5.74) is 0. The highest BCUT2D eigenvalue weighted by Gasteiger charge is 2.32. The lowest BCUT2D eigenvalue weighted by Crippen LogP contribution is -2.38. The molecular formula is C26H40O8. The number of hydrogen-bond donors (Lipinski definition) is 0. The summed E-state index contributed by atoms with van der Waals surface area (Å²) in [5.74, 6) is -1.09. The van der Waals surface area contributed by atoms with Gasteiger partial charge in [0.25, 0.3) is 0 Å². The van der Waals surface area contributed by atoms with Crippen molar-refractivity contribution in [2.75, 3.05) is 0 Å². The molecule has 0 aromatic heterocycles. The SMILES string of the molecule is O=C1CCCCCC(=O)OC2CCCCC2OC(=O)CCCCCC(=O)OC2CCCCC2O1. The summed E-state index contributed by atoms with van der Waals surface area (Å²) in [6, 6.07) is 0. The van der Waals surface area contributed by atoms with Crippen LogP contribution in [0.1, 0.15) is 116 Å². The number of rotatable bonds is 0. The first-order chi connectivity index (χ1) is 16.5. The van der Waals surface area contributed by atoms with Crippen LogP contribution in [0, 0.1) is 0 Å². The monoisotopic (exact) mass is 480 g/mol. The van der Waals surface area contributed by atoms with E-state index in [2.05, 4.69) is 0 Å². The summed E-state index contributed by atoms with van der Waals surface area (Å²) in [6.45, 7) is 0. The Morgan fingerprint density at radius 1 is 0.353 bits per heavy atom. The minimum Gasteiger partial charge on any atom is -0.458 e.